The number of hydrogen-bond donors (Lipinski definition) is 0. The highest BCUT2D eigenvalue weighted by molar-refractivity contribution is 6.35. The number of methoxy groups -OCH3 is 1. The van der Waals surface area contributed by atoms with E-state index in [-0.39, 0.29) is 5.38 Å². The maximum absolute atomic E-state index is 6.48. The van der Waals surface area contributed by atoms with Crippen LogP contribution in [0.25, 0.3) is 0 Å². The van der Waals surface area contributed by atoms with Crippen LogP contribution in [0.15, 0.2) is 36.4 Å². The van der Waals surface area contributed by atoms with Crippen molar-refractivity contribution in [3.63, 3.8) is 0 Å². The Kier molecular flexibility index (Phi) is 5.20. The zero-order valence-electron chi connectivity index (χ0n) is 11.3. The summed E-state index contributed by atoms with van der Waals surface area (Å²) >= 11 is 18.9. The molecule has 0 fully saturated rings. The Morgan fingerprint density at radius 2 is 1.85 bits per heavy atom. The third-order valence-electron chi connectivity index (χ3n) is 3.11. The third-order valence-corrected chi connectivity index (χ3v) is 4.12. The van der Waals surface area contributed by atoms with Crippen molar-refractivity contribution in [2.75, 3.05) is 7.11 Å². The Hall–Kier alpha value is -0.890. The Morgan fingerprint density at radius 1 is 1.10 bits per heavy atom. The van der Waals surface area contributed by atoms with E-state index in [1.807, 2.05) is 6.07 Å². The first-order chi connectivity index (χ1) is 9.51. The summed E-state index contributed by atoms with van der Waals surface area (Å²) in [6, 6.07) is 11.7. The van der Waals surface area contributed by atoms with Gasteiger partial charge in [-0.2, -0.15) is 0 Å². The number of rotatable bonds is 4. The van der Waals surface area contributed by atoms with Crippen molar-refractivity contribution in [3.8, 4) is 5.75 Å². The van der Waals surface area contributed by atoms with E-state index < -0.39 is 0 Å². The fourth-order valence-electron chi connectivity index (χ4n) is 2.10. The first-order valence-electron chi connectivity index (χ1n) is 6.24. The topological polar surface area (TPSA) is 9.23 Å². The lowest BCUT2D eigenvalue weighted by Crippen LogP contribution is -1.98. The molecule has 0 spiro atoms. The standard InChI is InChI=1S/C16H15Cl3O/c1-10-4-3-5-11(6-10)7-13(17)12-8-15(19)16(20-2)9-14(12)18/h3-6,8-9,13H,7H2,1-2H3. The van der Waals surface area contributed by atoms with E-state index >= 15 is 0 Å². The predicted octanol–water partition coefficient (Wildman–Crippen LogP) is 5.83. The SMILES string of the molecule is COc1cc(Cl)c(C(Cl)Cc2cccc(C)c2)cc1Cl. The molecule has 0 aliphatic carbocycles. The van der Waals surface area contributed by atoms with Gasteiger partial charge < -0.3 is 4.74 Å². The molecule has 0 saturated heterocycles. The number of ether oxygens (including phenoxy) is 1. The zero-order chi connectivity index (χ0) is 14.7. The van der Waals surface area contributed by atoms with Gasteiger partial charge in [0, 0.05) is 11.1 Å². The molecule has 0 aliphatic rings. The molecule has 106 valence electrons. The van der Waals surface area contributed by atoms with E-state index in [1.165, 1.54) is 11.1 Å². The molecule has 2 aromatic carbocycles. The quantitative estimate of drug-likeness (QED) is 0.641. The van der Waals surface area contributed by atoms with Crippen LogP contribution in [0.1, 0.15) is 22.1 Å². The summed E-state index contributed by atoms with van der Waals surface area (Å²) in [4.78, 5) is 0. The van der Waals surface area contributed by atoms with Crippen molar-refractivity contribution in [2.45, 2.75) is 18.7 Å². The number of aryl methyl sites for hydroxylation is 1. The summed E-state index contributed by atoms with van der Waals surface area (Å²) in [5, 5.41) is 0.855. The summed E-state index contributed by atoms with van der Waals surface area (Å²) in [7, 11) is 1.56. The van der Waals surface area contributed by atoms with E-state index in [0.29, 0.717) is 22.2 Å². The fraction of sp³-hybridized carbons (Fsp3) is 0.250. The van der Waals surface area contributed by atoms with Crippen LogP contribution in [-0.4, -0.2) is 7.11 Å². The van der Waals surface area contributed by atoms with Gasteiger partial charge in [-0.1, -0.05) is 53.0 Å². The van der Waals surface area contributed by atoms with Crippen LogP contribution >= 0.6 is 34.8 Å². The molecule has 0 saturated carbocycles. The second kappa shape index (κ2) is 6.71. The van der Waals surface area contributed by atoms with Crippen LogP contribution in [0.5, 0.6) is 5.75 Å². The van der Waals surface area contributed by atoms with Gasteiger partial charge in [-0.15, -0.1) is 11.6 Å². The normalized spacial score (nSPS) is 12.2. The Labute approximate surface area is 134 Å². The van der Waals surface area contributed by atoms with E-state index in [4.69, 9.17) is 39.5 Å². The maximum Gasteiger partial charge on any atom is 0.138 e. The molecule has 0 bridgehead atoms. The van der Waals surface area contributed by atoms with E-state index in [1.54, 1.807) is 19.2 Å². The molecule has 0 radical (unpaired) electrons. The molecular weight excluding hydrogens is 315 g/mol. The summed E-state index contributed by atoms with van der Waals surface area (Å²) < 4.78 is 5.14. The van der Waals surface area contributed by atoms with Crippen LogP contribution in [0, 0.1) is 6.92 Å². The lowest BCUT2D eigenvalue weighted by molar-refractivity contribution is 0.415. The minimum Gasteiger partial charge on any atom is -0.495 e. The summed E-state index contributed by atoms with van der Waals surface area (Å²) in [5.41, 5.74) is 3.21. The van der Waals surface area contributed by atoms with Crippen LogP contribution < -0.4 is 4.74 Å². The van der Waals surface area contributed by atoms with Crippen LogP contribution in [0.3, 0.4) is 0 Å². The summed E-state index contributed by atoms with van der Waals surface area (Å²) in [6.45, 7) is 2.06. The van der Waals surface area contributed by atoms with E-state index in [2.05, 4.69) is 25.1 Å². The number of benzene rings is 2. The largest absolute Gasteiger partial charge is 0.495 e. The first kappa shape index (κ1) is 15.5. The smallest absolute Gasteiger partial charge is 0.138 e. The summed E-state index contributed by atoms with van der Waals surface area (Å²) in [5.74, 6) is 0.555. The van der Waals surface area contributed by atoms with Gasteiger partial charge in [0.05, 0.1) is 17.5 Å². The van der Waals surface area contributed by atoms with Crippen molar-refractivity contribution >= 4 is 34.8 Å². The number of halogens is 3. The molecule has 0 aliphatic heterocycles. The zero-order valence-corrected chi connectivity index (χ0v) is 13.6. The Morgan fingerprint density at radius 3 is 2.50 bits per heavy atom. The lowest BCUT2D eigenvalue weighted by Gasteiger charge is -2.14. The monoisotopic (exact) mass is 328 g/mol. The first-order valence-corrected chi connectivity index (χ1v) is 7.43. The van der Waals surface area contributed by atoms with Gasteiger partial charge in [0.2, 0.25) is 0 Å². The highest BCUT2D eigenvalue weighted by Crippen LogP contribution is 2.37. The third kappa shape index (κ3) is 3.60. The summed E-state index contributed by atoms with van der Waals surface area (Å²) in [6.07, 6.45) is 0.700. The average Bonchev–Trinajstić information content (AvgIpc) is 2.40. The van der Waals surface area contributed by atoms with E-state index in [0.717, 1.165) is 5.56 Å². The van der Waals surface area contributed by atoms with Crippen LogP contribution in [-0.2, 0) is 6.42 Å². The van der Waals surface area contributed by atoms with Gasteiger partial charge in [-0.05, 0) is 30.5 Å². The molecule has 0 aromatic heterocycles. The highest BCUT2D eigenvalue weighted by Gasteiger charge is 2.16. The van der Waals surface area contributed by atoms with E-state index in [9.17, 15) is 0 Å². The lowest BCUT2D eigenvalue weighted by atomic mass is 10.0. The molecular formula is C16H15Cl3O. The minimum absolute atomic E-state index is 0.229. The predicted molar refractivity (Wildman–Crippen MR) is 86.5 cm³/mol. The molecule has 2 aromatic rings. The van der Waals surface area contributed by atoms with Gasteiger partial charge in [0.1, 0.15) is 5.75 Å². The Balaban J connectivity index is 2.25. The molecule has 20 heavy (non-hydrogen) atoms. The molecule has 0 amide bonds. The van der Waals surface area contributed by atoms with Gasteiger partial charge >= 0.3 is 0 Å². The molecule has 1 unspecified atom stereocenters. The number of alkyl halides is 1. The Bertz CT molecular complexity index is 611. The average molecular weight is 330 g/mol. The molecule has 0 heterocycles. The van der Waals surface area contributed by atoms with Gasteiger partial charge in [0.25, 0.3) is 0 Å². The van der Waals surface area contributed by atoms with Crippen molar-refractivity contribution in [1.29, 1.82) is 0 Å². The molecule has 1 atom stereocenters. The molecule has 2 rings (SSSR count). The van der Waals surface area contributed by atoms with Crippen molar-refractivity contribution in [2.24, 2.45) is 0 Å². The van der Waals surface area contributed by atoms with Crippen molar-refractivity contribution < 1.29 is 4.74 Å². The van der Waals surface area contributed by atoms with Gasteiger partial charge in [0.15, 0.2) is 0 Å². The van der Waals surface area contributed by atoms with Gasteiger partial charge in [-0.3, -0.25) is 0 Å². The second-order valence-corrected chi connectivity index (χ2v) is 6.01. The van der Waals surface area contributed by atoms with Crippen LogP contribution in [0.2, 0.25) is 10.0 Å². The molecule has 1 nitrogen and oxygen atoms in total. The molecule has 4 heteroatoms. The van der Waals surface area contributed by atoms with Crippen molar-refractivity contribution in [3.05, 3.63) is 63.1 Å². The number of hydrogen-bond acceptors (Lipinski definition) is 1. The van der Waals surface area contributed by atoms with Crippen molar-refractivity contribution in [1.82, 2.24) is 0 Å². The highest BCUT2D eigenvalue weighted by atomic mass is 35.5. The molecule has 0 N–H and O–H groups in total. The van der Waals surface area contributed by atoms with Gasteiger partial charge in [-0.25, -0.2) is 0 Å². The maximum atomic E-state index is 6.48. The van der Waals surface area contributed by atoms with Crippen LogP contribution in [0.4, 0.5) is 0 Å². The minimum atomic E-state index is -0.229. The second-order valence-electron chi connectivity index (χ2n) is 4.67. The fourth-order valence-corrected chi connectivity index (χ4v) is 3.05.